The molecule has 0 aliphatic heterocycles. The summed E-state index contributed by atoms with van der Waals surface area (Å²) in [6.07, 6.45) is 1.06. The average molecular weight is 207 g/mol. The van der Waals surface area contributed by atoms with Crippen molar-refractivity contribution in [3.05, 3.63) is 35.4 Å². The average Bonchev–Trinajstić information content (AvgIpc) is 2.25. The van der Waals surface area contributed by atoms with Crippen molar-refractivity contribution < 1.29 is 4.74 Å². The fraction of sp³-hybridized carbons (Fsp3) is 0.538. The van der Waals surface area contributed by atoms with E-state index in [2.05, 4.69) is 43.4 Å². The van der Waals surface area contributed by atoms with Crippen LogP contribution >= 0.6 is 0 Å². The predicted molar refractivity (Wildman–Crippen MR) is 64.1 cm³/mol. The van der Waals surface area contributed by atoms with Crippen molar-refractivity contribution in [1.29, 1.82) is 0 Å². The molecule has 1 N–H and O–H groups in total. The van der Waals surface area contributed by atoms with Gasteiger partial charge in [-0.05, 0) is 32.4 Å². The first-order valence-electron chi connectivity index (χ1n) is 5.53. The molecular weight excluding hydrogens is 186 g/mol. The first-order chi connectivity index (χ1) is 7.24. The quantitative estimate of drug-likeness (QED) is 0.724. The summed E-state index contributed by atoms with van der Waals surface area (Å²) in [7, 11) is 1.74. The summed E-state index contributed by atoms with van der Waals surface area (Å²) in [5.41, 5.74) is 2.66. The molecule has 0 saturated carbocycles. The molecule has 0 amide bonds. The Labute approximate surface area is 92.6 Å². The second-order valence-electron chi connectivity index (χ2n) is 3.93. The Morgan fingerprint density at radius 1 is 1.27 bits per heavy atom. The summed E-state index contributed by atoms with van der Waals surface area (Å²) in [6, 6.07) is 9.10. The molecule has 0 spiro atoms. The van der Waals surface area contributed by atoms with Gasteiger partial charge in [-0.1, -0.05) is 29.8 Å². The third-order valence-electron chi connectivity index (χ3n) is 2.55. The van der Waals surface area contributed by atoms with E-state index < -0.39 is 0 Å². The van der Waals surface area contributed by atoms with E-state index in [9.17, 15) is 0 Å². The van der Waals surface area contributed by atoms with Gasteiger partial charge in [0.25, 0.3) is 0 Å². The zero-order valence-electron chi connectivity index (χ0n) is 9.92. The van der Waals surface area contributed by atoms with Gasteiger partial charge < -0.3 is 10.1 Å². The number of benzene rings is 1. The normalized spacial score (nSPS) is 12.7. The number of methoxy groups -OCH3 is 1. The minimum atomic E-state index is 0.419. The summed E-state index contributed by atoms with van der Waals surface area (Å²) >= 11 is 0. The topological polar surface area (TPSA) is 21.3 Å². The summed E-state index contributed by atoms with van der Waals surface area (Å²) in [5, 5.41) is 3.47. The first kappa shape index (κ1) is 12.2. The maximum Gasteiger partial charge on any atom is 0.0474 e. The third kappa shape index (κ3) is 4.45. The highest BCUT2D eigenvalue weighted by Gasteiger charge is 2.02. The van der Waals surface area contributed by atoms with Crippen molar-refractivity contribution in [2.45, 2.75) is 26.3 Å². The predicted octanol–water partition coefficient (Wildman–Crippen LogP) is 2.68. The second kappa shape index (κ2) is 6.59. The third-order valence-corrected chi connectivity index (χ3v) is 2.55. The largest absolute Gasteiger partial charge is 0.385 e. The van der Waals surface area contributed by atoms with Crippen molar-refractivity contribution >= 4 is 0 Å². The SMILES string of the molecule is COCCCN[C@@H](C)c1ccc(C)cc1. The van der Waals surface area contributed by atoms with E-state index in [0.717, 1.165) is 19.6 Å². The second-order valence-corrected chi connectivity index (χ2v) is 3.93. The fourth-order valence-electron chi connectivity index (χ4n) is 1.51. The van der Waals surface area contributed by atoms with Gasteiger partial charge in [-0.15, -0.1) is 0 Å². The van der Waals surface area contributed by atoms with Crippen molar-refractivity contribution in [3.8, 4) is 0 Å². The monoisotopic (exact) mass is 207 g/mol. The molecule has 1 rings (SSSR count). The molecule has 2 nitrogen and oxygen atoms in total. The van der Waals surface area contributed by atoms with Gasteiger partial charge in [-0.2, -0.15) is 0 Å². The molecule has 84 valence electrons. The van der Waals surface area contributed by atoms with E-state index >= 15 is 0 Å². The van der Waals surface area contributed by atoms with Crippen LogP contribution in [-0.4, -0.2) is 20.3 Å². The van der Waals surface area contributed by atoms with Gasteiger partial charge in [0, 0.05) is 19.8 Å². The van der Waals surface area contributed by atoms with Crippen molar-refractivity contribution in [2.75, 3.05) is 20.3 Å². The maximum absolute atomic E-state index is 5.01. The van der Waals surface area contributed by atoms with Crippen LogP contribution in [0.2, 0.25) is 0 Å². The van der Waals surface area contributed by atoms with Crippen LogP contribution in [0.5, 0.6) is 0 Å². The Morgan fingerprint density at radius 3 is 2.53 bits per heavy atom. The van der Waals surface area contributed by atoms with Crippen LogP contribution in [0.3, 0.4) is 0 Å². The van der Waals surface area contributed by atoms with Gasteiger partial charge in [0.1, 0.15) is 0 Å². The fourth-order valence-corrected chi connectivity index (χ4v) is 1.51. The number of rotatable bonds is 6. The van der Waals surface area contributed by atoms with Crippen LogP contribution in [0.15, 0.2) is 24.3 Å². The molecule has 0 aliphatic rings. The smallest absolute Gasteiger partial charge is 0.0474 e. The minimum absolute atomic E-state index is 0.419. The van der Waals surface area contributed by atoms with E-state index in [-0.39, 0.29) is 0 Å². The van der Waals surface area contributed by atoms with Gasteiger partial charge in [0.2, 0.25) is 0 Å². The van der Waals surface area contributed by atoms with Crippen LogP contribution in [-0.2, 0) is 4.74 Å². The number of nitrogens with one attached hydrogen (secondary N) is 1. The molecule has 0 radical (unpaired) electrons. The zero-order valence-corrected chi connectivity index (χ0v) is 9.92. The molecule has 0 saturated heterocycles. The van der Waals surface area contributed by atoms with E-state index in [4.69, 9.17) is 4.74 Å². The molecule has 0 aliphatic carbocycles. The Hall–Kier alpha value is -0.860. The number of ether oxygens (including phenoxy) is 1. The molecule has 15 heavy (non-hydrogen) atoms. The first-order valence-corrected chi connectivity index (χ1v) is 5.53. The van der Waals surface area contributed by atoms with Gasteiger partial charge in [-0.3, -0.25) is 0 Å². The van der Waals surface area contributed by atoms with E-state index in [1.807, 2.05) is 0 Å². The highest BCUT2D eigenvalue weighted by molar-refractivity contribution is 5.23. The van der Waals surface area contributed by atoms with Gasteiger partial charge in [0.15, 0.2) is 0 Å². The molecule has 1 atom stereocenters. The summed E-state index contributed by atoms with van der Waals surface area (Å²) < 4.78 is 5.01. The lowest BCUT2D eigenvalue weighted by Crippen LogP contribution is -2.20. The molecule has 0 heterocycles. The lowest BCUT2D eigenvalue weighted by Gasteiger charge is -2.14. The van der Waals surface area contributed by atoms with Crippen LogP contribution < -0.4 is 5.32 Å². The van der Waals surface area contributed by atoms with Crippen LogP contribution in [0, 0.1) is 6.92 Å². The number of aryl methyl sites for hydroxylation is 1. The van der Waals surface area contributed by atoms with Gasteiger partial charge in [-0.25, -0.2) is 0 Å². The lowest BCUT2D eigenvalue weighted by molar-refractivity contribution is 0.193. The summed E-state index contributed by atoms with van der Waals surface area (Å²) in [6.45, 7) is 6.13. The minimum Gasteiger partial charge on any atom is -0.385 e. The Bertz CT molecular complexity index is 268. The van der Waals surface area contributed by atoms with Crippen LogP contribution in [0.25, 0.3) is 0 Å². The Morgan fingerprint density at radius 2 is 1.93 bits per heavy atom. The molecule has 0 aromatic heterocycles. The number of hydrogen-bond donors (Lipinski definition) is 1. The van der Waals surface area contributed by atoms with Gasteiger partial charge in [0.05, 0.1) is 0 Å². The molecule has 0 bridgehead atoms. The highest BCUT2D eigenvalue weighted by atomic mass is 16.5. The van der Waals surface area contributed by atoms with E-state index in [1.54, 1.807) is 7.11 Å². The standard InChI is InChI=1S/C13H21NO/c1-11-5-7-13(8-6-11)12(2)14-9-4-10-15-3/h5-8,12,14H,4,9-10H2,1-3H3/t12-/m0/s1. The zero-order chi connectivity index (χ0) is 11.1. The van der Waals surface area contributed by atoms with Gasteiger partial charge >= 0.3 is 0 Å². The molecule has 0 unspecified atom stereocenters. The van der Waals surface area contributed by atoms with E-state index in [1.165, 1.54) is 11.1 Å². The van der Waals surface area contributed by atoms with Crippen LogP contribution in [0.1, 0.15) is 30.5 Å². The maximum atomic E-state index is 5.01. The number of hydrogen-bond acceptors (Lipinski definition) is 2. The Kier molecular flexibility index (Phi) is 5.37. The molecule has 1 aromatic rings. The van der Waals surface area contributed by atoms with Crippen LogP contribution in [0.4, 0.5) is 0 Å². The highest BCUT2D eigenvalue weighted by Crippen LogP contribution is 2.12. The van der Waals surface area contributed by atoms with Crippen molar-refractivity contribution in [2.24, 2.45) is 0 Å². The van der Waals surface area contributed by atoms with Crippen molar-refractivity contribution in [1.82, 2.24) is 5.32 Å². The van der Waals surface area contributed by atoms with E-state index in [0.29, 0.717) is 6.04 Å². The molecule has 0 fully saturated rings. The lowest BCUT2D eigenvalue weighted by atomic mass is 10.1. The van der Waals surface area contributed by atoms with Crippen molar-refractivity contribution in [3.63, 3.8) is 0 Å². The summed E-state index contributed by atoms with van der Waals surface area (Å²) in [4.78, 5) is 0. The molecular formula is C13H21NO. The molecule has 2 heteroatoms. The summed E-state index contributed by atoms with van der Waals surface area (Å²) in [5.74, 6) is 0. The molecule has 1 aromatic carbocycles. The Balaban J connectivity index is 2.33.